The lowest BCUT2D eigenvalue weighted by Gasteiger charge is -2.12. The Morgan fingerprint density at radius 3 is 2.85 bits per heavy atom. The molecule has 0 bridgehead atoms. The van der Waals surface area contributed by atoms with E-state index in [1.807, 2.05) is 0 Å². The average molecular weight is 418 g/mol. The fraction of sp³-hybridized carbons (Fsp3) is 0.316. The number of fused-ring (bicyclic) bond motifs is 1. The molecule has 0 N–H and O–H groups in total. The molecular formula is C19H17BrFN3O2. The largest absolute Gasteiger partial charge is 0.461 e. The van der Waals surface area contributed by atoms with Crippen LogP contribution in [0, 0.1) is 5.82 Å². The molecule has 1 aromatic carbocycles. The Bertz CT molecular complexity index is 1030. The van der Waals surface area contributed by atoms with Crippen LogP contribution < -0.4 is 0 Å². The number of hydrogen-bond donors (Lipinski definition) is 0. The minimum absolute atomic E-state index is 0.0540. The molecule has 1 fully saturated rings. The number of halogens is 2. The molecule has 134 valence electrons. The van der Waals surface area contributed by atoms with E-state index < -0.39 is 5.97 Å². The SMILES string of the molecule is CCOC(=O)c1cc(C2(C)CC2)n2nc(-c3cccc(Br)c3F)cc2n1. The molecular weight excluding hydrogens is 401 g/mol. The second kappa shape index (κ2) is 6.16. The van der Waals surface area contributed by atoms with Gasteiger partial charge in [-0.1, -0.05) is 13.0 Å². The zero-order valence-electron chi connectivity index (χ0n) is 14.4. The van der Waals surface area contributed by atoms with Crippen molar-refractivity contribution in [2.45, 2.75) is 32.1 Å². The second-order valence-electron chi connectivity index (χ2n) is 6.71. The van der Waals surface area contributed by atoms with E-state index in [-0.39, 0.29) is 23.5 Å². The Balaban J connectivity index is 1.92. The minimum Gasteiger partial charge on any atom is -0.461 e. The Hall–Kier alpha value is -2.28. The van der Waals surface area contributed by atoms with Crippen molar-refractivity contribution in [3.8, 4) is 11.3 Å². The minimum atomic E-state index is -0.461. The number of nitrogens with zero attached hydrogens (tertiary/aromatic N) is 3. The number of carbonyl (C=O) groups is 1. The van der Waals surface area contributed by atoms with Crippen molar-refractivity contribution in [2.24, 2.45) is 0 Å². The summed E-state index contributed by atoms with van der Waals surface area (Å²) in [6, 6.07) is 8.51. The predicted molar refractivity (Wildman–Crippen MR) is 98.6 cm³/mol. The van der Waals surface area contributed by atoms with Gasteiger partial charge in [-0.2, -0.15) is 5.10 Å². The number of aromatic nitrogens is 3. The monoisotopic (exact) mass is 417 g/mol. The van der Waals surface area contributed by atoms with Gasteiger partial charge in [0.1, 0.15) is 5.82 Å². The van der Waals surface area contributed by atoms with Crippen LogP contribution in [0.5, 0.6) is 0 Å². The molecule has 0 unspecified atom stereocenters. The van der Waals surface area contributed by atoms with Crippen molar-refractivity contribution in [3.05, 3.63) is 52.0 Å². The van der Waals surface area contributed by atoms with Gasteiger partial charge in [-0.05, 0) is 53.9 Å². The van der Waals surface area contributed by atoms with Crippen molar-refractivity contribution >= 4 is 27.5 Å². The molecule has 1 aliphatic rings. The Morgan fingerprint density at radius 2 is 2.15 bits per heavy atom. The normalized spacial score (nSPS) is 15.2. The predicted octanol–water partition coefficient (Wildman–Crippen LogP) is 4.53. The van der Waals surface area contributed by atoms with Crippen molar-refractivity contribution < 1.29 is 13.9 Å². The van der Waals surface area contributed by atoms with Crippen molar-refractivity contribution in [1.82, 2.24) is 14.6 Å². The number of carbonyl (C=O) groups excluding carboxylic acids is 1. The standard InChI is InChI=1S/C19H17BrFN3O2/c1-3-26-18(25)14-9-15(19(2)7-8-19)24-16(22-14)10-13(23-24)11-5-4-6-12(20)17(11)21/h4-6,9-10H,3,7-8H2,1-2H3. The maximum atomic E-state index is 14.5. The average Bonchev–Trinajstić information content (AvgIpc) is 3.22. The fourth-order valence-electron chi connectivity index (χ4n) is 2.99. The number of hydrogen-bond acceptors (Lipinski definition) is 4. The lowest BCUT2D eigenvalue weighted by molar-refractivity contribution is 0.0519. The van der Waals surface area contributed by atoms with E-state index in [1.54, 1.807) is 41.8 Å². The maximum absolute atomic E-state index is 14.5. The first-order chi connectivity index (χ1) is 12.4. The van der Waals surface area contributed by atoms with E-state index in [0.717, 1.165) is 18.5 Å². The first kappa shape index (κ1) is 17.1. The topological polar surface area (TPSA) is 56.5 Å². The molecule has 0 atom stereocenters. The number of benzene rings is 1. The van der Waals surface area contributed by atoms with E-state index in [4.69, 9.17) is 4.74 Å². The summed E-state index contributed by atoms with van der Waals surface area (Å²) in [6.45, 7) is 4.16. The van der Waals surface area contributed by atoms with Crippen molar-refractivity contribution in [2.75, 3.05) is 6.61 Å². The highest BCUT2D eigenvalue weighted by Crippen LogP contribution is 2.47. The van der Waals surface area contributed by atoms with Gasteiger partial charge in [0, 0.05) is 17.0 Å². The molecule has 1 aliphatic carbocycles. The van der Waals surface area contributed by atoms with Gasteiger partial charge in [0.25, 0.3) is 0 Å². The molecule has 2 heterocycles. The van der Waals surface area contributed by atoms with Crippen LogP contribution >= 0.6 is 15.9 Å². The summed E-state index contributed by atoms with van der Waals surface area (Å²) in [5.41, 5.74) is 2.46. The molecule has 0 aliphatic heterocycles. The van der Waals surface area contributed by atoms with Crippen LogP contribution in [-0.2, 0) is 10.2 Å². The highest BCUT2D eigenvalue weighted by atomic mass is 79.9. The third kappa shape index (κ3) is 2.80. The fourth-order valence-corrected chi connectivity index (χ4v) is 3.36. The molecule has 5 nitrogen and oxygen atoms in total. The van der Waals surface area contributed by atoms with Crippen LogP contribution in [0.4, 0.5) is 4.39 Å². The van der Waals surface area contributed by atoms with E-state index in [0.29, 0.717) is 21.4 Å². The van der Waals surface area contributed by atoms with E-state index >= 15 is 0 Å². The molecule has 0 radical (unpaired) electrons. The summed E-state index contributed by atoms with van der Waals surface area (Å²) >= 11 is 3.20. The smallest absolute Gasteiger partial charge is 0.357 e. The highest BCUT2D eigenvalue weighted by molar-refractivity contribution is 9.10. The van der Waals surface area contributed by atoms with Crippen LogP contribution in [0.25, 0.3) is 16.9 Å². The molecule has 3 aromatic rings. The molecule has 0 amide bonds. The van der Waals surface area contributed by atoms with Gasteiger partial charge in [-0.3, -0.25) is 0 Å². The summed E-state index contributed by atoms with van der Waals surface area (Å²) in [5.74, 6) is -0.836. The number of esters is 1. The Kier molecular flexibility index (Phi) is 4.06. The Labute approximate surface area is 158 Å². The molecule has 1 saturated carbocycles. The molecule has 0 saturated heterocycles. The summed E-state index contributed by atoms with van der Waals surface area (Å²) in [4.78, 5) is 16.6. The zero-order chi connectivity index (χ0) is 18.5. The first-order valence-electron chi connectivity index (χ1n) is 8.46. The molecule has 26 heavy (non-hydrogen) atoms. The number of ether oxygens (including phenoxy) is 1. The highest BCUT2D eigenvalue weighted by Gasteiger charge is 2.42. The lowest BCUT2D eigenvalue weighted by Crippen LogP contribution is -2.15. The lowest BCUT2D eigenvalue weighted by atomic mass is 10.0. The summed E-state index contributed by atoms with van der Waals surface area (Å²) in [7, 11) is 0. The first-order valence-corrected chi connectivity index (χ1v) is 9.25. The van der Waals surface area contributed by atoms with Gasteiger partial charge >= 0.3 is 5.97 Å². The van der Waals surface area contributed by atoms with Crippen LogP contribution in [0.2, 0.25) is 0 Å². The van der Waals surface area contributed by atoms with Crippen LogP contribution in [0.3, 0.4) is 0 Å². The van der Waals surface area contributed by atoms with Crippen LogP contribution in [0.15, 0.2) is 34.8 Å². The molecule has 0 spiro atoms. The Morgan fingerprint density at radius 1 is 1.38 bits per heavy atom. The molecule has 4 rings (SSSR count). The summed E-state index contributed by atoms with van der Waals surface area (Å²) in [5, 5.41) is 4.58. The zero-order valence-corrected chi connectivity index (χ0v) is 16.0. The second-order valence-corrected chi connectivity index (χ2v) is 7.56. The molecule has 2 aromatic heterocycles. The number of rotatable bonds is 4. The van der Waals surface area contributed by atoms with Gasteiger partial charge in [-0.15, -0.1) is 0 Å². The quantitative estimate of drug-likeness (QED) is 0.585. The van der Waals surface area contributed by atoms with E-state index in [2.05, 4.69) is 32.9 Å². The molecule has 7 heteroatoms. The van der Waals surface area contributed by atoms with Gasteiger partial charge in [-0.25, -0.2) is 18.7 Å². The van der Waals surface area contributed by atoms with Gasteiger partial charge in [0.15, 0.2) is 11.3 Å². The van der Waals surface area contributed by atoms with Crippen LogP contribution in [0.1, 0.15) is 42.9 Å². The maximum Gasteiger partial charge on any atom is 0.357 e. The van der Waals surface area contributed by atoms with Crippen LogP contribution in [-0.4, -0.2) is 27.2 Å². The third-order valence-electron chi connectivity index (χ3n) is 4.76. The summed E-state index contributed by atoms with van der Waals surface area (Å²) in [6.07, 6.45) is 2.02. The van der Waals surface area contributed by atoms with Gasteiger partial charge in [0.05, 0.1) is 22.5 Å². The third-order valence-corrected chi connectivity index (χ3v) is 5.37. The van der Waals surface area contributed by atoms with Gasteiger partial charge in [0.2, 0.25) is 0 Å². The summed E-state index contributed by atoms with van der Waals surface area (Å²) < 4.78 is 21.7. The van der Waals surface area contributed by atoms with Crippen molar-refractivity contribution in [1.29, 1.82) is 0 Å². The van der Waals surface area contributed by atoms with E-state index in [9.17, 15) is 9.18 Å². The van der Waals surface area contributed by atoms with Gasteiger partial charge < -0.3 is 4.74 Å². The van der Waals surface area contributed by atoms with E-state index in [1.165, 1.54) is 0 Å². The van der Waals surface area contributed by atoms with Crippen molar-refractivity contribution in [3.63, 3.8) is 0 Å².